The molecule has 1 saturated carbocycles. The van der Waals surface area contributed by atoms with Crippen molar-refractivity contribution in [1.82, 2.24) is 9.78 Å². The third-order valence-corrected chi connectivity index (χ3v) is 3.64. The fraction of sp³-hybridized carbons (Fsp3) is 0.583. The molecule has 0 aliphatic heterocycles. The van der Waals surface area contributed by atoms with Gasteiger partial charge in [0, 0.05) is 11.5 Å². The molecule has 0 radical (unpaired) electrons. The summed E-state index contributed by atoms with van der Waals surface area (Å²) in [6.45, 7) is 2.05. The average Bonchev–Trinajstić information content (AvgIpc) is 2.96. The summed E-state index contributed by atoms with van der Waals surface area (Å²) >= 11 is 0. The summed E-state index contributed by atoms with van der Waals surface area (Å²) in [5, 5.41) is 4.36. The summed E-state index contributed by atoms with van der Waals surface area (Å²) < 4.78 is 6.14. The molecule has 0 unspecified atom stereocenters. The third kappa shape index (κ3) is 1.34. The highest BCUT2D eigenvalue weighted by atomic mass is 16.5. The van der Waals surface area contributed by atoms with Crippen LogP contribution in [0, 0.1) is 5.92 Å². The van der Waals surface area contributed by atoms with Gasteiger partial charge in [-0.2, -0.15) is 5.10 Å². The molecule has 2 atom stereocenters. The molecule has 5 nitrogen and oxygen atoms in total. The maximum atomic E-state index is 12.0. The van der Waals surface area contributed by atoms with E-state index in [1.54, 1.807) is 0 Å². The Morgan fingerprint density at radius 1 is 1.53 bits per heavy atom. The van der Waals surface area contributed by atoms with Crippen LogP contribution in [-0.4, -0.2) is 28.6 Å². The molecule has 0 bridgehead atoms. The minimum Gasteiger partial charge on any atom is -0.468 e. The second-order valence-electron chi connectivity index (χ2n) is 4.61. The Morgan fingerprint density at radius 2 is 2.29 bits per heavy atom. The van der Waals surface area contributed by atoms with Crippen molar-refractivity contribution in [2.75, 3.05) is 7.11 Å². The van der Waals surface area contributed by atoms with Gasteiger partial charge in [-0.15, -0.1) is 0 Å². The van der Waals surface area contributed by atoms with Crippen LogP contribution in [0.1, 0.15) is 41.0 Å². The second kappa shape index (κ2) is 3.42. The first kappa shape index (κ1) is 10.5. The number of aromatic nitrogens is 2. The number of ether oxygens (including phenoxy) is 1. The molecule has 90 valence electrons. The predicted octanol–water partition coefficient (Wildman–Crippen LogP) is 0.918. The van der Waals surface area contributed by atoms with Crippen LogP contribution < -0.4 is 0 Å². The van der Waals surface area contributed by atoms with Crippen LogP contribution in [0.15, 0.2) is 0 Å². The fourth-order valence-electron chi connectivity index (χ4n) is 2.72. The van der Waals surface area contributed by atoms with Crippen molar-refractivity contribution in [3.63, 3.8) is 0 Å². The molecule has 2 aliphatic rings. The number of methoxy groups -OCH3 is 1. The van der Waals surface area contributed by atoms with E-state index in [0.29, 0.717) is 11.6 Å². The molecule has 0 spiro atoms. The Kier molecular flexibility index (Phi) is 2.11. The topological polar surface area (TPSA) is 61.2 Å². The summed E-state index contributed by atoms with van der Waals surface area (Å²) in [7, 11) is 1.34. The summed E-state index contributed by atoms with van der Waals surface area (Å²) in [4.78, 5) is 23.3. The highest BCUT2D eigenvalue weighted by molar-refractivity contribution is 6.05. The maximum Gasteiger partial charge on any atom is 0.327 e. The molecule has 1 fully saturated rings. The first-order valence-corrected chi connectivity index (χ1v) is 5.88. The number of hydrogen-bond acceptors (Lipinski definition) is 4. The quantitative estimate of drug-likeness (QED) is 0.729. The Labute approximate surface area is 98.7 Å². The van der Waals surface area contributed by atoms with E-state index in [0.717, 1.165) is 24.1 Å². The van der Waals surface area contributed by atoms with Crippen molar-refractivity contribution in [3.05, 3.63) is 17.0 Å². The van der Waals surface area contributed by atoms with Crippen LogP contribution in [0.2, 0.25) is 0 Å². The molecular weight excluding hydrogens is 220 g/mol. The number of esters is 1. The van der Waals surface area contributed by atoms with E-state index < -0.39 is 0 Å². The van der Waals surface area contributed by atoms with E-state index in [1.165, 1.54) is 11.8 Å². The van der Waals surface area contributed by atoms with Gasteiger partial charge in [0.2, 0.25) is 0 Å². The number of Topliss-reactive ketones (excluding diaryl/α,β-unsaturated/α-hetero) is 1. The molecule has 1 aromatic heterocycles. The molecule has 0 saturated heterocycles. The lowest BCUT2D eigenvalue weighted by molar-refractivity contribution is -0.141. The maximum absolute atomic E-state index is 12.0. The number of hydrogen-bond donors (Lipinski definition) is 0. The molecule has 0 amide bonds. The van der Waals surface area contributed by atoms with Crippen molar-refractivity contribution in [2.45, 2.75) is 32.2 Å². The zero-order chi connectivity index (χ0) is 12.2. The molecule has 17 heavy (non-hydrogen) atoms. The van der Waals surface area contributed by atoms with Crippen molar-refractivity contribution in [2.24, 2.45) is 5.92 Å². The van der Waals surface area contributed by atoms with Gasteiger partial charge in [0.05, 0.1) is 12.8 Å². The highest BCUT2D eigenvalue weighted by Gasteiger charge is 2.55. The second-order valence-corrected chi connectivity index (χ2v) is 4.61. The molecule has 2 aliphatic carbocycles. The van der Waals surface area contributed by atoms with Gasteiger partial charge in [-0.25, -0.2) is 0 Å². The van der Waals surface area contributed by atoms with E-state index in [2.05, 4.69) is 9.84 Å². The van der Waals surface area contributed by atoms with Crippen molar-refractivity contribution in [1.29, 1.82) is 0 Å². The van der Waals surface area contributed by atoms with Crippen molar-refractivity contribution >= 4 is 11.8 Å². The Hall–Kier alpha value is -1.65. The molecule has 5 heteroatoms. The number of carbonyl (C=O) groups is 2. The van der Waals surface area contributed by atoms with E-state index in [4.69, 9.17) is 0 Å². The molecule has 1 aromatic rings. The summed E-state index contributed by atoms with van der Waals surface area (Å²) in [6.07, 6.45) is 1.76. The smallest absolute Gasteiger partial charge is 0.327 e. The van der Waals surface area contributed by atoms with Gasteiger partial charge in [-0.1, -0.05) is 6.92 Å². The van der Waals surface area contributed by atoms with Crippen LogP contribution in [-0.2, 0) is 22.5 Å². The number of aryl methyl sites for hydroxylation is 1. The Morgan fingerprint density at radius 3 is 2.94 bits per heavy atom. The lowest BCUT2D eigenvalue weighted by Gasteiger charge is -2.03. The standard InChI is InChI=1S/C12H14N2O3/c1-3-8-10-6-4-7(6)12(16)11(10)14(13-8)5-9(15)17-2/h6-7H,3-5H2,1-2H3/t6-,7+/m0/s1. The van der Waals surface area contributed by atoms with Gasteiger partial charge >= 0.3 is 5.97 Å². The molecular formula is C12H14N2O3. The monoisotopic (exact) mass is 234 g/mol. The number of fused-ring (bicyclic) bond motifs is 3. The normalized spacial score (nSPS) is 24.5. The first-order chi connectivity index (χ1) is 8.17. The highest BCUT2D eigenvalue weighted by Crippen LogP contribution is 2.57. The van der Waals surface area contributed by atoms with Crippen molar-refractivity contribution in [3.8, 4) is 0 Å². The molecule has 1 heterocycles. The van der Waals surface area contributed by atoms with E-state index >= 15 is 0 Å². The summed E-state index contributed by atoms with van der Waals surface area (Å²) in [5.74, 6) is 0.323. The first-order valence-electron chi connectivity index (χ1n) is 5.88. The van der Waals surface area contributed by atoms with E-state index in [-0.39, 0.29) is 24.2 Å². The van der Waals surface area contributed by atoms with E-state index in [9.17, 15) is 9.59 Å². The van der Waals surface area contributed by atoms with Crippen LogP contribution >= 0.6 is 0 Å². The number of carbonyl (C=O) groups excluding carboxylic acids is 2. The summed E-state index contributed by atoms with van der Waals surface area (Å²) in [6, 6.07) is 0. The third-order valence-electron chi connectivity index (χ3n) is 3.64. The lowest BCUT2D eigenvalue weighted by atomic mass is 10.1. The van der Waals surface area contributed by atoms with Crippen molar-refractivity contribution < 1.29 is 14.3 Å². The van der Waals surface area contributed by atoms with E-state index in [1.807, 2.05) is 6.92 Å². The average molecular weight is 234 g/mol. The van der Waals surface area contributed by atoms with Crippen LogP contribution in [0.3, 0.4) is 0 Å². The van der Waals surface area contributed by atoms with Gasteiger partial charge in [-0.05, 0) is 18.8 Å². The largest absolute Gasteiger partial charge is 0.468 e. The van der Waals surface area contributed by atoms with Crippen LogP contribution in [0.4, 0.5) is 0 Å². The van der Waals surface area contributed by atoms with Gasteiger partial charge in [0.1, 0.15) is 12.2 Å². The Balaban J connectivity index is 2.03. The van der Waals surface area contributed by atoms with Gasteiger partial charge in [0.25, 0.3) is 0 Å². The van der Waals surface area contributed by atoms with Gasteiger partial charge < -0.3 is 4.74 Å². The van der Waals surface area contributed by atoms with Crippen LogP contribution in [0.25, 0.3) is 0 Å². The Bertz CT molecular complexity index is 518. The van der Waals surface area contributed by atoms with Gasteiger partial charge in [-0.3, -0.25) is 14.3 Å². The van der Waals surface area contributed by atoms with Gasteiger partial charge in [0.15, 0.2) is 5.78 Å². The lowest BCUT2D eigenvalue weighted by Crippen LogP contribution is -2.17. The number of rotatable bonds is 3. The zero-order valence-corrected chi connectivity index (χ0v) is 9.90. The number of nitrogens with zero attached hydrogens (tertiary/aromatic N) is 2. The zero-order valence-electron chi connectivity index (χ0n) is 9.90. The molecule has 0 aromatic carbocycles. The fourth-order valence-corrected chi connectivity index (χ4v) is 2.72. The predicted molar refractivity (Wildman–Crippen MR) is 58.8 cm³/mol. The minimum atomic E-state index is -0.369. The summed E-state index contributed by atoms with van der Waals surface area (Å²) in [5.41, 5.74) is 2.70. The molecule has 0 N–H and O–H groups in total. The SMILES string of the molecule is CCc1nn(CC(=O)OC)c2c1[C@H]1C[C@H]1C2=O. The van der Waals surface area contributed by atoms with Crippen LogP contribution in [0.5, 0.6) is 0 Å². The number of ketones is 1. The molecule has 3 rings (SSSR count). The minimum absolute atomic E-state index is 0.0318.